The highest BCUT2D eigenvalue weighted by atomic mass is 16.5. The van der Waals surface area contributed by atoms with Crippen LogP contribution in [0.15, 0.2) is 41.3 Å². The number of methoxy groups -OCH3 is 1. The molecule has 31 heavy (non-hydrogen) atoms. The zero-order valence-electron chi connectivity index (χ0n) is 17.8. The van der Waals surface area contributed by atoms with Gasteiger partial charge in [-0.25, -0.2) is 14.5 Å². The van der Waals surface area contributed by atoms with E-state index in [1.807, 2.05) is 35.8 Å². The van der Waals surface area contributed by atoms with Gasteiger partial charge in [0.2, 0.25) is 5.95 Å². The predicted octanol–water partition coefficient (Wildman–Crippen LogP) is 4.00. The van der Waals surface area contributed by atoms with Crippen LogP contribution in [-0.2, 0) is 4.74 Å². The molecule has 4 aromatic rings. The highest BCUT2D eigenvalue weighted by Crippen LogP contribution is 2.38. The minimum Gasteiger partial charge on any atom is -0.443 e. The van der Waals surface area contributed by atoms with Crippen LogP contribution in [0.4, 0.5) is 5.95 Å². The molecule has 5 rings (SSSR count). The van der Waals surface area contributed by atoms with Crippen LogP contribution in [0.5, 0.6) is 0 Å². The summed E-state index contributed by atoms with van der Waals surface area (Å²) in [5.41, 5.74) is 5.83. The number of fused-ring (bicyclic) bond motifs is 2. The van der Waals surface area contributed by atoms with Crippen molar-refractivity contribution in [3.05, 3.63) is 42.5 Å². The first-order valence-corrected chi connectivity index (χ1v) is 10.8. The molecule has 8 nitrogen and oxygen atoms in total. The molecule has 3 heterocycles. The van der Waals surface area contributed by atoms with Crippen LogP contribution in [0.2, 0.25) is 0 Å². The van der Waals surface area contributed by atoms with E-state index in [-0.39, 0.29) is 12.1 Å². The number of aromatic nitrogens is 4. The van der Waals surface area contributed by atoms with Gasteiger partial charge in [-0.15, -0.1) is 5.10 Å². The fourth-order valence-corrected chi connectivity index (χ4v) is 4.51. The Morgan fingerprint density at radius 2 is 2.06 bits per heavy atom. The van der Waals surface area contributed by atoms with Crippen molar-refractivity contribution in [2.45, 2.75) is 50.7 Å². The summed E-state index contributed by atoms with van der Waals surface area (Å²) in [4.78, 5) is 8.87. The van der Waals surface area contributed by atoms with Gasteiger partial charge >= 0.3 is 0 Å². The van der Waals surface area contributed by atoms with Crippen molar-refractivity contribution >= 4 is 22.6 Å². The zero-order valence-corrected chi connectivity index (χ0v) is 17.8. The Balaban J connectivity index is 1.60. The summed E-state index contributed by atoms with van der Waals surface area (Å²) in [6.07, 6.45) is 6.67. The Morgan fingerprint density at radius 3 is 2.87 bits per heavy atom. The fraction of sp³-hybridized carbons (Fsp3) is 0.435. The van der Waals surface area contributed by atoms with Gasteiger partial charge in [0.05, 0.1) is 24.4 Å². The normalized spacial score (nSPS) is 20.4. The van der Waals surface area contributed by atoms with Crippen LogP contribution in [0.3, 0.4) is 0 Å². The summed E-state index contributed by atoms with van der Waals surface area (Å²) in [5, 5.41) is 18.1. The molecule has 1 aromatic carbocycles. The molecule has 1 aliphatic rings. The van der Waals surface area contributed by atoms with Crippen LogP contribution in [0.1, 0.15) is 44.2 Å². The Bertz CT molecular complexity index is 1190. The topological polar surface area (TPSA) is 97.7 Å². The second-order valence-electron chi connectivity index (χ2n) is 8.40. The van der Waals surface area contributed by atoms with Crippen LogP contribution in [0, 0.1) is 0 Å². The largest absolute Gasteiger partial charge is 0.443 e. The molecule has 3 aromatic heterocycles. The van der Waals surface area contributed by atoms with Crippen LogP contribution in [-0.4, -0.2) is 50.6 Å². The summed E-state index contributed by atoms with van der Waals surface area (Å²) >= 11 is 0. The lowest BCUT2D eigenvalue weighted by atomic mass is 9.85. The number of aliphatic hydroxyl groups excluding tert-OH is 1. The lowest BCUT2D eigenvalue weighted by molar-refractivity contribution is 0.121. The first-order valence-electron chi connectivity index (χ1n) is 10.8. The van der Waals surface area contributed by atoms with E-state index in [1.54, 1.807) is 7.11 Å². The summed E-state index contributed by atoms with van der Waals surface area (Å²) in [5.74, 6) is 0.919. The molecule has 1 saturated carbocycles. The number of hydrogen-bond acceptors (Lipinski definition) is 7. The van der Waals surface area contributed by atoms with Gasteiger partial charge in [0, 0.05) is 30.3 Å². The number of anilines is 1. The summed E-state index contributed by atoms with van der Waals surface area (Å²) in [6.45, 7) is 2.61. The molecule has 0 amide bonds. The molecular formula is C23H27N5O3. The molecule has 1 fully saturated rings. The van der Waals surface area contributed by atoms with Crippen molar-refractivity contribution in [2.24, 2.45) is 0 Å². The smallest absolute Gasteiger partial charge is 0.241 e. The summed E-state index contributed by atoms with van der Waals surface area (Å²) < 4.78 is 12.6. The number of hydrogen-bond donors (Lipinski definition) is 2. The molecule has 0 spiro atoms. The quantitative estimate of drug-likeness (QED) is 0.485. The van der Waals surface area contributed by atoms with Gasteiger partial charge in [-0.05, 0) is 56.4 Å². The number of ether oxygens (including phenoxy) is 1. The molecule has 162 valence electrons. The first kappa shape index (κ1) is 20.0. The number of aliphatic hydroxyl groups is 1. The van der Waals surface area contributed by atoms with E-state index in [4.69, 9.17) is 14.3 Å². The van der Waals surface area contributed by atoms with E-state index in [0.29, 0.717) is 18.5 Å². The molecule has 0 saturated heterocycles. The molecular weight excluding hydrogens is 394 g/mol. The van der Waals surface area contributed by atoms with Gasteiger partial charge in [-0.3, -0.25) is 0 Å². The summed E-state index contributed by atoms with van der Waals surface area (Å²) in [6, 6.07) is 8.34. The van der Waals surface area contributed by atoms with Gasteiger partial charge in [0.15, 0.2) is 12.0 Å². The van der Waals surface area contributed by atoms with Crippen molar-refractivity contribution in [2.75, 3.05) is 19.0 Å². The van der Waals surface area contributed by atoms with E-state index < -0.39 is 0 Å². The standard InChI is InChI=1S/C23H27N5O3/c1-14(12-30-2)26-23-24-11-21-18(16-5-8-22-19(9-16)25-13-31-22)10-20(28(21)27-23)15-3-6-17(29)7-4-15/h5,8-11,13-15,17,29H,3-4,6-7,12H2,1-2H3,(H,26,27)/t14-,15?,17?/m0/s1. The maximum Gasteiger partial charge on any atom is 0.241 e. The minimum absolute atomic E-state index is 0.0975. The van der Waals surface area contributed by atoms with E-state index in [9.17, 15) is 5.11 Å². The molecule has 0 radical (unpaired) electrons. The maximum absolute atomic E-state index is 9.97. The Hall–Kier alpha value is -2.97. The number of nitrogens with one attached hydrogen (secondary N) is 1. The molecule has 1 aliphatic carbocycles. The van der Waals surface area contributed by atoms with Crippen molar-refractivity contribution in [1.82, 2.24) is 19.6 Å². The third-order valence-corrected chi connectivity index (χ3v) is 6.09. The van der Waals surface area contributed by atoms with Gasteiger partial charge in [0.1, 0.15) is 5.52 Å². The molecule has 0 unspecified atom stereocenters. The zero-order chi connectivity index (χ0) is 21.4. The SMILES string of the molecule is COC[C@H](C)Nc1ncc2c(-c3ccc4ocnc4c3)cc(C3CCC(O)CC3)n2n1. The highest BCUT2D eigenvalue weighted by Gasteiger charge is 2.25. The van der Waals surface area contributed by atoms with E-state index in [2.05, 4.69) is 21.4 Å². The van der Waals surface area contributed by atoms with Crippen molar-refractivity contribution in [3.8, 4) is 11.1 Å². The maximum atomic E-state index is 9.97. The third-order valence-electron chi connectivity index (χ3n) is 6.09. The number of benzene rings is 1. The second-order valence-corrected chi connectivity index (χ2v) is 8.40. The van der Waals surface area contributed by atoms with Gasteiger partial charge < -0.3 is 19.6 Å². The Kier molecular flexibility index (Phi) is 5.33. The Morgan fingerprint density at radius 1 is 1.23 bits per heavy atom. The number of oxazole rings is 1. The van der Waals surface area contributed by atoms with Crippen molar-refractivity contribution < 1.29 is 14.3 Å². The van der Waals surface area contributed by atoms with Crippen LogP contribution < -0.4 is 5.32 Å². The first-order chi connectivity index (χ1) is 15.1. The molecule has 8 heteroatoms. The van der Waals surface area contributed by atoms with Crippen molar-refractivity contribution in [3.63, 3.8) is 0 Å². The average molecular weight is 422 g/mol. The third kappa shape index (κ3) is 3.88. The minimum atomic E-state index is -0.196. The molecule has 2 N–H and O–H groups in total. The predicted molar refractivity (Wildman–Crippen MR) is 118 cm³/mol. The fourth-order valence-electron chi connectivity index (χ4n) is 4.51. The van der Waals surface area contributed by atoms with Gasteiger partial charge in [-0.1, -0.05) is 6.07 Å². The van der Waals surface area contributed by atoms with Crippen LogP contribution in [0.25, 0.3) is 27.7 Å². The van der Waals surface area contributed by atoms with E-state index in [0.717, 1.165) is 59.1 Å². The highest BCUT2D eigenvalue weighted by molar-refractivity contribution is 5.87. The lowest BCUT2D eigenvalue weighted by Gasteiger charge is -2.25. The molecule has 0 aliphatic heterocycles. The number of nitrogens with zero attached hydrogens (tertiary/aromatic N) is 4. The van der Waals surface area contributed by atoms with Gasteiger partial charge in [0.25, 0.3) is 0 Å². The van der Waals surface area contributed by atoms with Crippen LogP contribution >= 0.6 is 0 Å². The monoisotopic (exact) mass is 421 g/mol. The second kappa shape index (κ2) is 8.28. The number of rotatable bonds is 6. The molecule has 1 atom stereocenters. The lowest BCUT2D eigenvalue weighted by Crippen LogP contribution is -2.23. The Labute approximate surface area is 180 Å². The van der Waals surface area contributed by atoms with Gasteiger partial charge in [-0.2, -0.15) is 0 Å². The van der Waals surface area contributed by atoms with E-state index in [1.165, 1.54) is 6.39 Å². The van der Waals surface area contributed by atoms with Crippen molar-refractivity contribution in [1.29, 1.82) is 0 Å². The van der Waals surface area contributed by atoms with E-state index >= 15 is 0 Å². The average Bonchev–Trinajstić information content (AvgIpc) is 3.38. The molecule has 0 bridgehead atoms. The summed E-state index contributed by atoms with van der Waals surface area (Å²) in [7, 11) is 1.68.